The first-order chi connectivity index (χ1) is 8.10. The predicted octanol–water partition coefficient (Wildman–Crippen LogP) is 0.697. The van der Waals surface area contributed by atoms with Crippen molar-refractivity contribution in [3.05, 3.63) is 17.5 Å². The highest BCUT2D eigenvalue weighted by Crippen LogP contribution is 2.20. The molecular formula is C12H24N4O. The lowest BCUT2D eigenvalue weighted by Crippen LogP contribution is -2.32. The first-order valence-corrected chi connectivity index (χ1v) is 5.99. The number of rotatable bonds is 7. The van der Waals surface area contributed by atoms with Crippen molar-refractivity contribution in [2.24, 2.45) is 12.8 Å². The van der Waals surface area contributed by atoms with Crippen molar-refractivity contribution in [1.29, 1.82) is 0 Å². The van der Waals surface area contributed by atoms with Gasteiger partial charge in [0.25, 0.3) is 0 Å². The zero-order valence-electron chi connectivity index (χ0n) is 11.3. The van der Waals surface area contributed by atoms with E-state index in [2.05, 4.69) is 23.2 Å². The number of aromatic nitrogens is 2. The van der Waals surface area contributed by atoms with E-state index in [1.807, 2.05) is 18.7 Å². The maximum absolute atomic E-state index is 5.88. The van der Waals surface area contributed by atoms with Crippen LogP contribution >= 0.6 is 0 Å². The zero-order chi connectivity index (χ0) is 12.8. The number of nitrogens with two attached hydrogens (primary N) is 1. The van der Waals surface area contributed by atoms with Crippen molar-refractivity contribution in [1.82, 2.24) is 14.7 Å². The van der Waals surface area contributed by atoms with E-state index in [1.165, 1.54) is 5.56 Å². The highest BCUT2D eigenvalue weighted by atomic mass is 16.5. The van der Waals surface area contributed by atoms with Crippen molar-refractivity contribution < 1.29 is 4.74 Å². The normalized spacial score (nSPS) is 13.3. The summed E-state index contributed by atoms with van der Waals surface area (Å²) in [5, 5.41) is 4.37. The molecule has 5 nitrogen and oxygen atoms in total. The Hall–Kier alpha value is -0.910. The molecule has 0 aliphatic rings. The van der Waals surface area contributed by atoms with Gasteiger partial charge in [-0.2, -0.15) is 5.10 Å². The molecule has 0 saturated heterocycles. The molecule has 1 unspecified atom stereocenters. The lowest BCUT2D eigenvalue weighted by molar-refractivity contribution is 0.166. The Labute approximate surface area is 104 Å². The fraction of sp³-hybridized carbons (Fsp3) is 0.750. The standard InChI is InChI=1S/C12H24N4O/c1-10-11(9-16(3)14-10)12(8-13)15(2)6-5-7-17-4/h9,12H,5-8,13H2,1-4H3. The quantitative estimate of drug-likeness (QED) is 0.713. The molecular weight excluding hydrogens is 216 g/mol. The number of ether oxygens (including phenoxy) is 1. The minimum atomic E-state index is 0.237. The van der Waals surface area contributed by atoms with E-state index in [1.54, 1.807) is 7.11 Å². The van der Waals surface area contributed by atoms with Crippen molar-refractivity contribution in [2.45, 2.75) is 19.4 Å². The summed E-state index contributed by atoms with van der Waals surface area (Å²) in [6, 6.07) is 0.237. The molecule has 0 aromatic carbocycles. The lowest BCUT2D eigenvalue weighted by Gasteiger charge is -2.26. The van der Waals surface area contributed by atoms with Gasteiger partial charge < -0.3 is 10.5 Å². The van der Waals surface area contributed by atoms with Crippen LogP contribution in [0.5, 0.6) is 0 Å². The second-order valence-corrected chi connectivity index (χ2v) is 4.42. The van der Waals surface area contributed by atoms with Crippen molar-refractivity contribution in [3.63, 3.8) is 0 Å². The molecule has 0 saturated carbocycles. The summed E-state index contributed by atoms with van der Waals surface area (Å²) < 4.78 is 6.91. The van der Waals surface area contributed by atoms with E-state index in [0.29, 0.717) is 6.54 Å². The minimum Gasteiger partial charge on any atom is -0.385 e. The van der Waals surface area contributed by atoms with Crippen molar-refractivity contribution in [3.8, 4) is 0 Å². The minimum absolute atomic E-state index is 0.237. The fourth-order valence-electron chi connectivity index (χ4n) is 2.10. The molecule has 0 spiro atoms. The summed E-state index contributed by atoms with van der Waals surface area (Å²) >= 11 is 0. The second-order valence-electron chi connectivity index (χ2n) is 4.42. The number of hydrogen-bond donors (Lipinski definition) is 1. The number of likely N-dealkylation sites (N-methyl/N-ethyl adjacent to an activating group) is 1. The van der Waals surface area contributed by atoms with Gasteiger partial charge in [0, 0.05) is 45.6 Å². The summed E-state index contributed by atoms with van der Waals surface area (Å²) in [6.07, 6.45) is 3.07. The van der Waals surface area contributed by atoms with E-state index in [0.717, 1.165) is 25.3 Å². The summed E-state index contributed by atoms with van der Waals surface area (Å²) in [4.78, 5) is 2.27. The van der Waals surface area contributed by atoms with Crippen LogP contribution in [-0.2, 0) is 11.8 Å². The fourth-order valence-corrected chi connectivity index (χ4v) is 2.10. The van der Waals surface area contributed by atoms with Crippen LogP contribution in [0, 0.1) is 6.92 Å². The van der Waals surface area contributed by atoms with E-state index in [-0.39, 0.29) is 6.04 Å². The molecule has 0 bridgehead atoms. The largest absolute Gasteiger partial charge is 0.385 e. The van der Waals surface area contributed by atoms with Gasteiger partial charge >= 0.3 is 0 Å². The molecule has 0 amide bonds. The molecule has 0 fully saturated rings. The van der Waals surface area contributed by atoms with E-state index in [4.69, 9.17) is 10.5 Å². The topological polar surface area (TPSA) is 56.3 Å². The van der Waals surface area contributed by atoms with Gasteiger partial charge in [0.15, 0.2) is 0 Å². The Morgan fingerprint density at radius 1 is 1.59 bits per heavy atom. The molecule has 1 rings (SSSR count). The average molecular weight is 240 g/mol. The van der Waals surface area contributed by atoms with Crippen LogP contribution in [0.1, 0.15) is 23.7 Å². The van der Waals surface area contributed by atoms with Crippen LogP contribution in [0.15, 0.2) is 6.20 Å². The van der Waals surface area contributed by atoms with E-state index in [9.17, 15) is 0 Å². The molecule has 1 aromatic rings. The van der Waals surface area contributed by atoms with Crippen LogP contribution in [0.4, 0.5) is 0 Å². The maximum atomic E-state index is 5.88. The third kappa shape index (κ3) is 3.80. The molecule has 17 heavy (non-hydrogen) atoms. The van der Waals surface area contributed by atoms with Gasteiger partial charge in [0.2, 0.25) is 0 Å². The van der Waals surface area contributed by atoms with Gasteiger partial charge in [-0.3, -0.25) is 9.58 Å². The third-order valence-electron chi connectivity index (χ3n) is 3.03. The molecule has 98 valence electrons. The van der Waals surface area contributed by atoms with Crippen LogP contribution < -0.4 is 5.73 Å². The molecule has 0 radical (unpaired) electrons. The molecule has 0 aliphatic carbocycles. The number of hydrogen-bond acceptors (Lipinski definition) is 4. The molecule has 2 N–H and O–H groups in total. The van der Waals surface area contributed by atoms with Gasteiger partial charge in [-0.25, -0.2) is 0 Å². The Balaban J connectivity index is 2.67. The van der Waals surface area contributed by atoms with Crippen molar-refractivity contribution >= 4 is 0 Å². The van der Waals surface area contributed by atoms with Gasteiger partial charge in [-0.05, 0) is 20.4 Å². The predicted molar refractivity (Wildman–Crippen MR) is 68.9 cm³/mol. The van der Waals surface area contributed by atoms with Gasteiger partial charge in [0.1, 0.15) is 0 Å². The monoisotopic (exact) mass is 240 g/mol. The van der Waals surface area contributed by atoms with Gasteiger partial charge in [-0.1, -0.05) is 0 Å². The molecule has 1 heterocycles. The summed E-state index contributed by atoms with van der Waals surface area (Å²) in [6.45, 7) is 4.40. The molecule has 1 atom stereocenters. The second kappa shape index (κ2) is 6.74. The third-order valence-corrected chi connectivity index (χ3v) is 3.03. The Morgan fingerprint density at radius 2 is 2.29 bits per heavy atom. The summed E-state index contributed by atoms with van der Waals surface area (Å²) in [5.41, 5.74) is 8.15. The summed E-state index contributed by atoms with van der Waals surface area (Å²) in [7, 11) is 5.76. The SMILES string of the molecule is COCCCN(C)C(CN)c1cn(C)nc1C. The van der Waals surface area contributed by atoms with E-state index >= 15 is 0 Å². The first-order valence-electron chi connectivity index (χ1n) is 5.99. The van der Waals surface area contributed by atoms with Crippen LogP contribution in [0.2, 0.25) is 0 Å². The highest BCUT2D eigenvalue weighted by Gasteiger charge is 2.19. The van der Waals surface area contributed by atoms with Crippen LogP contribution in [-0.4, -0.2) is 48.5 Å². The number of methoxy groups -OCH3 is 1. The Morgan fingerprint density at radius 3 is 2.76 bits per heavy atom. The number of nitrogens with zero attached hydrogens (tertiary/aromatic N) is 3. The Bertz CT molecular complexity index is 337. The van der Waals surface area contributed by atoms with Gasteiger partial charge in [-0.15, -0.1) is 0 Å². The molecule has 0 aliphatic heterocycles. The van der Waals surface area contributed by atoms with Gasteiger partial charge in [0.05, 0.1) is 11.7 Å². The number of aryl methyl sites for hydroxylation is 2. The average Bonchev–Trinajstić information content (AvgIpc) is 2.60. The van der Waals surface area contributed by atoms with Crippen LogP contribution in [0.25, 0.3) is 0 Å². The maximum Gasteiger partial charge on any atom is 0.0641 e. The summed E-state index contributed by atoms with van der Waals surface area (Å²) in [5.74, 6) is 0. The lowest BCUT2D eigenvalue weighted by atomic mass is 10.1. The first kappa shape index (κ1) is 14.2. The molecule has 1 aromatic heterocycles. The Kier molecular flexibility index (Phi) is 5.61. The molecule has 5 heteroatoms. The van der Waals surface area contributed by atoms with Crippen LogP contribution in [0.3, 0.4) is 0 Å². The smallest absolute Gasteiger partial charge is 0.0641 e. The van der Waals surface area contributed by atoms with Crippen molar-refractivity contribution in [2.75, 3.05) is 33.9 Å². The highest BCUT2D eigenvalue weighted by molar-refractivity contribution is 5.20. The zero-order valence-corrected chi connectivity index (χ0v) is 11.3. The van der Waals surface area contributed by atoms with E-state index < -0.39 is 0 Å².